The number of benzene rings is 2. The molecule has 0 saturated heterocycles. The lowest BCUT2D eigenvalue weighted by molar-refractivity contribution is 0.174. The molecule has 0 radical (unpaired) electrons. The summed E-state index contributed by atoms with van der Waals surface area (Å²) in [6.07, 6.45) is -0.954. The Hall–Kier alpha value is -2.40. The van der Waals surface area contributed by atoms with Gasteiger partial charge in [0.15, 0.2) is 0 Å². The molecular formula is C16H17FN2O2. The lowest BCUT2D eigenvalue weighted by Gasteiger charge is -2.13. The maximum absolute atomic E-state index is 13.0. The average Bonchev–Trinajstić information content (AvgIpc) is 2.47. The van der Waals surface area contributed by atoms with Gasteiger partial charge in [-0.2, -0.15) is 0 Å². The number of urea groups is 1. The van der Waals surface area contributed by atoms with E-state index in [4.69, 9.17) is 0 Å². The number of amides is 2. The first-order valence-corrected chi connectivity index (χ1v) is 6.59. The number of anilines is 1. The summed E-state index contributed by atoms with van der Waals surface area (Å²) in [5.74, 6) is -0.421. The van der Waals surface area contributed by atoms with E-state index in [1.165, 1.54) is 18.2 Å². The first kappa shape index (κ1) is 15.0. The van der Waals surface area contributed by atoms with E-state index in [1.54, 1.807) is 18.2 Å². The van der Waals surface area contributed by atoms with Crippen molar-refractivity contribution in [2.45, 2.75) is 13.0 Å². The van der Waals surface area contributed by atoms with Crippen molar-refractivity contribution in [2.75, 3.05) is 11.9 Å². The van der Waals surface area contributed by atoms with E-state index < -0.39 is 18.0 Å². The number of halogens is 1. The van der Waals surface area contributed by atoms with Crippen LogP contribution in [0.2, 0.25) is 0 Å². The van der Waals surface area contributed by atoms with Crippen molar-refractivity contribution in [3.05, 3.63) is 65.5 Å². The van der Waals surface area contributed by atoms with Gasteiger partial charge in [0.2, 0.25) is 0 Å². The normalized spacial score (nSPS) is 11.8. The topological polar surface area (TPSA) is 61.4 Å². The molecule has 0 saturated carbocycles. The third-order valence-corrected chi connectivity index (χ3v) is 3.00. The summed E-state index contributed by atoms with van der Waals surface area (Å²) < 4.78 is 13.0. The monoisotopic (exact) mass is 288 g/mol. The highest BCUT2D eigenvalue weighted by Crippen LogP contribution is 2.13. The summed E-state index contributed by atoms with van der Waals surface area (Å²) in [4.78, 5) is 11.7. The average molecular weight is 288 g/mol. The number of carbonyl (C=O) groups excluding carboxylic acids is 1. The quantitative estimate of drug-likeness (QED) is 0.810. The number of rotatable bonds is 4. The SMILES string of the molecule is Cc1ccc(NC(=O)NC[C@H](O)c2cccc(F)c2)cc1. The molecule has 1 atom stereocenters. The van der Waals surface area contributed by atoms with Crippen LogP contribution in [-0.2, 0) is 0 Å². The van der Waals surface area contributed by atoms with Gasteiger partial charge in [-0.25, -0.2) is 9.18 Å². The van der Waals surface area contributed by atoms with E-state index >= 15 is 0 Å². The van der Waals surface area contributed by atoms with Gasteiger partial charge < -0.3 is 15.7 Å². The van der Waals surface area contributed by atoms with Gasteiger partial charge in [0.05, 0.1) is 6.10 Å². The summed E-state index contributed by atoms with van der Waals surface area (Å²) in [6, 6.07) is 12.6. The zero-order valence-corrected chi connectivity index (χ0v) is 11.6. The van der Waals surface area contributed by atoms with Crippen LogP contribution in [0.25, 0.3) is 0 Å². The van der Waals surface area contributed by atoms with Crippen molar-refractivity contribution in [2.24, 2.45) is 0 Å². The highest BCUT2D eigenvalue weighted by atomic mass is 19.1. The third-order valence-electron chi connectivity index (χ3n) is 3.00. The van der Waals surface area contributed by atoms with Gasteiger partial charge >= 0.3 is 6.03 Å². The Morgan fingerprint density at radius 2 is 1.95 bits per heavy atom. The predicted molar refractivity (Wildman–Crippen MR) is 79.6 cm³/mol. The maximum Gasteiger partial charge on any atom is 0.319 e. The molecule has 0 aliphatic rings. The van der Waals surface area contributed by atoms with Crippen molar-refractivity contribution < 1.29 is 14.3 Å². The lowest BCUT2D eigenvalue weighted by atomic mass is 10.1. The van der Waals surface area contributed by atoms with Gasteiger partial charge in [-0.05, 0) is 36.8 Å². The first-order valence-electron chi connectivity index (χ1n) is 6.59. The molecule has 110 valence electrons. The molecule has 0 spiro atoms. The zero-order valence-electron chi connectivity index (χ0n) is 11.6. The van der Waals surface area contributed by atoms with E-state index in [0.29, 0.717) is 11.3 Å². The third kappa shape index (κ3) is 4.57. The molecule has 2 aromatic rings. The van der Waals surface area contributed by atoms with Crippen LogP contribution in [0.4, 0.5) is 14.9 Å². The number of hydrogen-bond donors (Lipinski definition) is 3. The number of aliphatic hydroxyl groups excluding tert-OH is 1. The molecule has 0 fully saturated rings. The molecule has 0 aliphatic carbocycles. The minimum absolute atomic E-state index is 0.00114. The van der Waals surface area contributed by atoms with Crippen molar-refractivity contribution in [1.82, 2.24) is 5.32 Å². The van der Waals surface area contributed by atoms with Crippen LogP contribution in [0.5, 0.6) is 0 Å². The fourth-order valence-electron chi connectivity index (χ4n) is 1.83. The van der Waals surface area contributed by atoms with Crippen LogP contribution in [0.1, 0.15) is 17.2 Å². The van der Waals surface area contributed by atoms with Crippen LogP contribution >= 0.6 is 0 Å². The molecular weight excluding hydrogens is 271 g/mol. The summed E-state index contributed by atoms with van der Waals surface area (Å²) in [7, 11) is 0. The number of nitrogens with one attached hydrogen (secondary N) is 2. The zero-order chi connectivity index (χ0) is 15.2. The van der Waals surface area contributed by atoms with E-state index in [2.05, 4.69) is 10.6 Å². The number of aliphatic hydroxyl groups is 1. The Balaban J connectivity index is 1.84. The van der Waals surface area contributed by atoms with Gasteiger partial charge in [-0.3, -0.25) is 0 Å². The number of carbonyl (C=O) groups is 1. The minimum Gasteiger partial charge on any atom is -0.387 e. The van der Waals surface area contributed by atoms with Crippen LogP contribution in [0, 0.1) is 12.7 Å². The predicted octanol–water partition coefficient (Wildman–Crippen LogP) is 2.99. The second-order valence-electron chi connectivity index (χ2n) is 4.77. The van der Waals surface area contributed by atoms with E-state index in [9.17, 15) is 14.3 Å². The Kier molecular flexibility index (Phi) is 4.90. The maximum atomic E-state index is 13.0. The van der Waals surface area contributed by atoms with E-state index in [-0.39, 0.29) is 6.54 Å². The molecule has 2 aromatic carbocycles. The second-order valence-corrected chi connectivity index (χ2v) is 4.77. The summed E-state index contributed by atoms with van der Waals surface area (Å²) in [5.41, 5.74) is 2.19. The molecule has 3 N–H and O–H groups in total. The Morgan fingerprint density at radius 1 is 1.24 bits per heavy atom. The summed E-state index contributed by atoms with van der Waals surface area (Å²) in [5, 5.41) is 15.1. The molecule has 0 heterocycles. The van der Waals surface area contributed by atoms with Crippen molar-refractivity contribution in [1.29, 1.82) is 0 Å². The van der Waals surface area contributed by atoms with Crippen LogP contribution in [0.3, 0.4) is 0 Å². The molecule has 2 amide bonds. The van der Waals surface area contributed by atoms with E-state index in [1.807, 2.05) is 19.1 Å². The van der Waals surface area contributed by atoms with Crippen LogP contribution in [-0.4, -0.2) is 17.7 Å². The molecule has 0 aromatic heterocycles. The van der Waals surface area contributed by atoms with E-state index in [0.717, 1.165) is 5.56 Å². The Bertz CT molecular complexity index is 614. The molecule has 4 nitrogen and oxygen atoms in total. The first-order chi connectivity index (χ1) is 10.0. The molecule has 21 heavy (non-hydrogen) atoms. The number of hydrogen-bond acceptors (Lipinski definition) is 2. The van der Waals surface area contributed by atoms with Gasteiger partial charge in [0.25, 0.3) is 0 Å². The lowest BCUT2D eigenvalue weighted by Crippen LogP contribution is -2.32. The standard InChI is InChI=1S/C16H17FN2O2/c1-11-5-7-14(8-6-11)19-16(21)18-10-15(20)12-3-2-4-13(17)9-12/h2-9,15,20H,10H2,1H3,(H2,18,19,21)/t15-/m0/s1. The highest BCUT2D eigenvalue weighted by molar-refractivity contribution is 5.89. The van der Waals surface area contributed by atoms with Crippen LogP contribution < -0.4 is 10.6 Å². The molecule has 0 bridgehead atoms. The van der Waals surface area contributed by atoms with Gasteiger partial charge in [0, 0.05) is 12.2 Å². The van der Waals surface area contributed by atoms with Gasteiger partial charge in [0.1, 0.15) is 5.82 Å². The summed E-state index contributed by atoms with van der Waals surface area (Å²) >= 11 is 0. The summed E-state index contributed by atoms with van der Waals surface area (Å²) in [6.45, 7) is 1.96. The van der Waals surface area contributed by atoms with Crippen molar-refractivity contribution in [3.8, 4) is 0 Å². The highest BCUT2D eigenvalue weighted by Gasteiger charge is 2.10. The largest absolute Gasteiger partial charge is 0.387 e. The van der Waals surface area contributed by atoms with Gasteiger partial charge in [-0.1, -0.05) is 29.8 Å². The second kappa shape index (κ2) is 6.85. The Morgan fingerprint density at radius 3 is 2.62 bits per heavy atom. The van der Waals surface area contributed by atoms with Gasteiger partial charge in [-0.15, -0.1) is 0 Å². The fourth-order valence-corrected chi connectivity index (χ4v) is 1.83. The minimum atomic E-state index is -0.954. The molecule has 0 aliphatic heterocycles. The fraction of sp³-hybridized carbons (Fsp3) is 0.188. The molecule has 0 unspecified atom stereocenters. The molecule has 5 heteroatoms. The van der Waals surface area contributed by atoms with Crippen LogP contribution in [0.15, 0.2) is 48.5 Å². The molecule has 2 rings (SSSR count). The number of aryl methyl sites for hydroxylation is 1. The smallest absolute Gasteiger partial charge is 0.319 e. The Labute approximate surface area is 122 Å². The van der Waals surface area contributed by atoms with Crippen molar-refractivity contribution >= 4 is 11.7 Å². The van der Waals surface area contributed by atoms with Crippen molar-refractivity contribution in [3.63, 3.8) is 0 Å².